The fourth-order valence-corrected chi connectivity index (χ4v) is 1.94. The normalized spacial score (nSPS) is 12.2. The van der Waals surface area contributed by atoms with Gasteiger partial charge in [0, 0.05) is 12.3 Å². The highest BCUT2D eigenvalue weighted by molar-refractivity contribution is 5.97. The molecule has 0 aliphatic heterocycles. The summed E-state index contributed by atoms with van der Waals surface area (Å²) < 4.78 is 52.7. The summed E-state index contributed by atoms with van der Waals surface area (Å²) in [5, 5.41) is 0. The molecule has 1 aromatic heterocycles. The van der Waals surface area contributed by atoms with Gasteiger partial charge in [-0.1, -0.05) is 0 Å². The lowest BCUT2D eigenvalue weighted by atomic mass is 10.2. The summed E-state index contributed by atoms with van der Waals surface area (Å²) in [6, 6.07) is 8.02. The Morgan fingerprint density at radius 2 is 1.70 bits per heavy atom. The van der Waals surface area contributed by atoms with E-state index in [1.54, 1.807) is 0 Å². The van der Waals surface area contributed by atoms with Gasteiger partial charge in [-0.3, -0.25) is 9.59 Å². The molecule has 9 heteroatoms. The minimum Gasteiger partial charge on any atom is -0.483 e. The van der Waals surface area contributed by atoms with Crippen LogP contribution in [-0.2, 0) is 20.5 Å². The number of pyridine rings is 1. The van der Waals surface area contributed by atoms with Crippen LogP contribution in [0.15, 0.2) is 42.6 Å². The number of ketones is 1. The van der Waals surface area contributed by atoms with Crippen LogP contribution in [-0.4, -0.2) is 30.0 Å². The zero-order chi connectivity index (χ0) is 20.0. The number of hydrogen-bond acceptors (Lipinski definition) is 6. The van der Waals surface area contributed by atoms with Crippen molar-refractivity contribution in [1.29, 1.82) is 0 Å². The van der Waals surface area contributed by atoms with Crippen molar-refractivity contribution in [1.82, 2.24) is 4.98 Å². The van der Waals surface area contributed by atoms with Crippen molar-refractivity contribution >= 4 is 11.8 Å². The topological polar surface area (TPSA) is 74.7 Å². The summed E-state index contributed by atoms with van der Waals surface area (Å²) in [5.41, 5.74) is -0.871. The van der Waals surface area contributed by atoms with Gasteiger partial charge in [0.15, 0.2) is 11.9 Å². The summed E-state index contributed by atoms with van der Waals surface area (Å²) in [7, 11) is 1.19. The lowest BCUT2D eigenvalue weighted by Crippen LogP contribution is -2.26. The van der Waals surface area contributed by atoms with Gasteiger partial charge in [-0.25, -0.2) is 4.98 Å². The Morgan fingerprint density at radius 1 is 1.07 bits per heavy atom. The van der Waals surface area contributed by atoms with Crippen molar-refractivity contribution in [3.05, 3.63) is 48.2 Å². The van der Waals surface area contributed by atoms with E-state index in [9.17, 15) is 22.8 Å². The number of rotatable bonds is 7. The number of alkyl halides is 3. The molecule has 27 heavy (non-hydrogen) atoms. The molecule has 144 valence electrons. The lowest BCUT2D eigenvalue weighted by Gasteiger charge is -2.13. The van der Waals surface area contributed by atoms with Crippen molar-refractivity contribution in [2.24, 2.45) is 0 Å². The summed E-state index contributed by atoms with van der Waals surface area (Å²) in [5.74, 6) is -0.408. The van der Waals surface area contributed by atoms with Gasteiger partial charge in [-0.2, -0.15) is 13.2 Å². The van der Waals surface area contributed by atoms with Crippen molar-refractivity contribution < 1.29 is 37.0 Å². The minimum absolute atomic E-state index is 0.00158. The lowest BCUT2D eigenvalue weighted by molar-refractivity contribution is -0.145. The first-order chi connectivity index (χ1) is 12.7. The number of methoxy groups -OCH3 is 1. The fourth-order valence-electron chi connectivity index (χ4n) is 1.94. The molecule has 0 saturated heterocycles. The van der Waals surface area contributed by atoms with Gasteiger partial charge >= 0.3 is 12.1 Å². The monoisotopic (exact) mass is 383 g/mol. The molecule has 0 aliphatic carbocycles. The zero-order valence-corrected chi connectivity index (χ0v) is 14.4. The van der Waals surface area contributed by atoms with Gasteiger partial charge in [0.05, 0.1) is 12.7 Å². The smallest absolute Gasteiger partial charge is 0.417 e. The molecule has 0 radical (unpaired) electrons. The Hall–Kier alpha value is -3.10. The molecule has 0 amide bonds. The maximum Gasteiger partial charge on any atom is 0.417 e. The summed E-state index contributed by atoms with van der Waals surface area (Å²) in [6.45, 7) is 1.50. The summed E-state index contributed by atoms with van der Waals surface area (Å²) in [6.07, 6.45) is -5.03. The molecule has 1 aromatic carbocycles. The summed E-state index contributed by atoms with van der Waals surface area (Å²) >= 11 is 0. The number of aromatic nitrogens is 1. The molecule has 1 unspecified atom stereocenters. The Bertz CT molecular complexity index is 788. The van der Waals surface area contributed by atoms with Crippen molar-refractivity contribution in [2.75, 3.05) is 7.11 Å². The second-order valence-electron chi connectivity index (χ2n) is 5.44. The van der Waals surface area contributed by atoms with E-state index < -0.39 is 36.0 Å². The number of Topliss-reactive ketones (excluding diaryl/α,β-unsaturated/α-hetero) is 1. The van der Waals surface area contributed by atoms with Crippen LogP contribution < -0.4 is 9.47 Å². The van der Waals surface area contributed by atoms with E-state index in [-0.39, 0.29) is 5.88 Å². The first-order valence-corrected chi connectivity index (χ1v) is 7.76. The standard InChI is InChI=1S/C18H16F3NO5/c1-11(15(23)9-17(24)25-2)26-13-4-6-14(7-5-13)27-16-8-3-12(10-22-16)18(19,20)21/h3-8,10-11H,9H2,1-2H3. The predicted octanol–water partition coefficient (Wildman–Crippen LogP) is 3.79. The zero-order valence-electron chi connectivity index (χ0n) is 14.4. The van der Waals surface area contributed by atoms with E-state index in [2.05, 4.69) is 9.72 Å². The van der Waals surface area contributed by atoms with Crippen molar-refractivity contribution in [3.8, 4) is 17.4 Å². The van der Waals surface area contributed by atoms with Crippen LogP contribution in [0.3, 0.4) is 0 Å². The molecular formula is C18H16F3NO5. The molecule has 1 heterocycles. The molecule has 2 aromatic rings. The third-order valence-corrected chi connectivity index (χ3v) is 3.42. The number of esters is 1. The number of benzene rings is 1. The highest BCUT2D eigenvalue weighted by atomic mass is 19.4. The molecule has 2 rings (SSSR count). The van der Waals surface area contributed by atoms with Crippen LogP contribution in [0.5, 0.6) is 17.4 Å². The third-order valence-electron chi connectivity index (χ3n) is 3.42. The van der Waals surface area contributed by atoms with Gasteiger partial charge in [0.1, 0.15) is 17.9 Å². The minimum atomic E-state index is -4.47. The van der Waals surface area contributed by atoms with E-state index in [0.29, 0.717) is 17.7 Å². The number of halogens is 3. The van der Waals surface area contributed by atoms with E-state index in [4.69, 9.17) is 9.47 Å². The molecule has 0 saturated carbocycles. The molecule has 1 atom stereocenters. The first kappa shape index (κ1) is 20.2. The van der Waals surface area contributed by atoms with Crippen LogP contribution in [0.2, 0.25) is 0 Å². The average molecular weight is 383 g/mol. The molecule has 0 spiro atoms. The van der Waals surface area contributed by atoms with Gasteiger partial charge in [-0.05, 0) is 37.3 Å². The number of ether oxygens (including phenoxy) is 3. The quantitative estimate of drug-likeness (QED) is 0.535. The Balaban J connectivity index is 1.95. The van der Waals surface area contributed by atoms with E-state index in [1.807, 2.05) is 0 Å². The fraction of sp³-hybridized carbons (Fsp3) is 0.278. The molecule has 0 bridgehead atoms. The van der Waals surface area contributed by atoms with Gasteiger partial charge in [0.2, 0.25) is 5.88 Å². The van der Waals surface area contributed by atoms with Crippen LogP contribution in [0, 0.1) is 0 Å². The molecule has 0 aliphatic rings. The third kappa shape index (κ3) is 5.98. The molecular weight excluding hydrogens is 367 g/mol. The van der Waals surface area contributed by atoms with Gasteiger partial charge in [0.25, 0.3) is 0 Å². The van der Waals surface area contributed by atoms with Crippen LogP contribution in [0.1, 0.15) is 18.9 Å². The van der Waals surface area contributed by atoms with Crippen molar-refractivity contribution in [2.45, 2.75) is 25.6 Å². The first-order valence-electron chi connectivity index (χ1n) is 7.76. The van der Waals surface area contributed by atoms with Crippen LogP contribution in [0.25, 0.3) is 0 Å². The number of hydrogen-bond donors (Lipinski definition) is 0. The maximum atomic E-state index is 12.5. The van der Waals surface area contributed by atoms with E-state index >= 15 is 0 Å². The Labute approximate surface area is 152 Å². The number of carbonyl (C=O) groups excluding carboxylic acids is 2. The Morgan fingerprint density at radius 3 is 2.22 bits per heavy atom. The largest absolute Gasteiger partial charge is 0.483 e. The summed E-state index contributed by atoms with van der Waals surface area (Å²) in [4.78, 5) is 26.5. The number of nitrogens with zero attached hydrogens (tertiary/aromatic N) is 1. The van der Waals surface area contributed by atoms with Crippen LogP contribution >= 0.6 is 0 Å². The highest BCUT2D eigenvalue weighted by Gasteiger charge is 2.30. The van der Waals surface area contributed by atoms with E-state index in [1.165, 1.54) is 38.3 Å². The SMILES string of the molecule is COC(=O)CC(=O)C(C)Oc1ccc(Oc2ccc(C(F)(F)F)cn2)cc1. The molecule has 6 nitrogen and oxygen atoms in total. The second-order valence-corrected chi connectivity index (χ2v) is 5.44. The molecule has 0 N–H and O–H groups in total. The van der Waals surface area contributed by atoms with Crippen molar-refractivity contribution in [3.63, 3.8) is 0 Å². The predicted molar refractivity (Wildman–Crippen MR) is 87.5 cm³/mol. The maximum absolute atomic E-state index is 12.5. The van der Waals surface area contributed by atoms with Gasteiger partial charge < -0.3 is 14.2 Å². The second kappa shape index (κ2) is 8.52. The molecule has 0 fully saturated rings. The number of carbonyl (C=O) groups is 2. The van der Waals surface area contributed by atoms with E-state index in [0.717, 1.165) is 12.1 Å². The van der Waals surface area contributed by atoms with Gasteiger partial charge in [-0.15, -0.1) is 0 Å². The van der Waals surface area contributed by atoms with Crippen LogP contribution in [0.4, 0.5) is 13.2 Å². The average Bonchev–Trinajstić information content (AvgIpc) is 2.62. The highest BCUT2D eigenvalue weighted by Crippen LogP contribution is 2.30. The Kier molecular flexibility index (Phi) is 6.38.